The molecule has 0 aromatic carbocycles. The van der Waals surface area contributed by atoms with Gasteiger partial charge < -0.3 is 15.2 Å². The number of carbonyl (C=O) groups is 2. The maximum absolute atomic E-state index is 12.1. The Kier molecular flexibility index (Phi) is 5.51. The highest BCUT2D eigenvalue weighted by Crippen LogP contribution is 2.20. The summed E-state index contributed by atoms with van der Waals surface area (Å²) in [7, 11) is 0. The lowest BCUT2D eigenvalue weighted by atomic mass is 10.2. The van der Waals surface area contributed by atoms with E-state index in [4.69, 9.17) is 5.11 Å². The number of nitrogens with one attached hydrogen (secondary N) is 1. The molecule has 0 aliphatic rings. The third kappa shape index (κ3) is 5.28. The van der Waals surface area contributed by atoms with E-state index in [0.717, 1.165) is 6.20 Å². The Balaban J connectivity index is 2.87. The normalized spacial score (nSPS) is 12.6. The van der Waals surface area contributed by atoms with E-state index in [2.05, 4.69) is 15.0 Å². The van der Waals surface area contributed by atoms with Gasteiger partial charge in [0.1, 0.15) is 11.6 Å². The first-order valence-electron chi connectivity index (χ1n) is 5.93. The number of hydrogen-bond acceptors (Lipinski definition) is 4. The number of pyridine rings is 1. The molecule has 1 atom stereocenters. The van der Waals surface area contributed by atoms with Crippen molar-refractivity contribution in [2.45, 2.75) is 25.6 Å². The van der Waals surface area contributed by atoms with Crippen molar-refractivity contribution in [3.05, 3.63) is 23.9 Å². The van der Waals surface area contributed by atoms with Crippen LogP contribution in [0.4, 0.5) is 13.2 Å². The number of carbonyl (C=O) groups excluding carboxylic acids is 1. The summed E-state index contributed by atoms with van der Waals surface area (Å²) in [6.45, 7) is -0.0518. The minimum absolute atomic E-state index is 0.125. The van der Waals surface area contributed by atoms with Crippen LogP contribution < -0.4 is 10.1 Å². The fraction of sp³-hybridized carbons (Fsp3) is 0.417. The number of halogens is 3. The predicted molar refractivity (Wildman–Crippen MR) is 65.0 cm³/mol. The first-order chi connectivity index (χ1) is 9.74. The second kappa shape index (κ2) is 6.91. The van der Waals surface area contributed by atoms with Gasteiger partial charge in [-0.1, -0.05) is 6.92 Å². The van der Waals surface area contributed by atoms with Gasteiger partial charge in [0.25, 0.3) is 5.91 Å². The van der Waals surface area contributed by atoms with Gasteiger partial charge in [-0.15, -0.1) is 0 Å². The fourth-order valence-electron chi connectivity index (χ4n) is 1.40. The Morgan fingerprint density at radius 1 is 1.48 bits per heavy atom. The van der Waals surface area contributed by atoms with Gasteiger partial charge in [-0.25, -0.2) is 9.78 Å². The molecule has 0 fully saturated rings. The number of aliphatic carboxylic acids is 1. The van der Waals surface area contributed by atoms with E-state index in [1.165, 1.54) is 12.1 Å². The molecule has 0 radical (unpaired) electrons. The minimum atomic E-state index is -4.57. The first-order valence-corrected chi connectivity index (χ1v) is 5.93. The summed E-state index contributed by atoms with van der Waals surface area (Å²) in [4.78, 5) is 26.3. The summed E-state index contributed by atoms with van der Waals surface area (Å²) >= 11 is 0. The molecule has 0 saturated carbocycles. The molecule has 1 rings (SSSR count). The Labute approximate surface area is 117 Å². The van der Waals surface area contributed by atoms with Crippen LogP contribution in [0.1, 0.15) is 23.7 Å². The monoisotopic (exact) mass is 306 g/mol. The van der Waals surface area contributed by atoms with Gasteiger partial charge in [0.15, 0.2) is 6.61 Å². The molecule has 1 aromatic heterocycles. The summed E-state index contributed by atoms with van der Waals surface area (Å²) in [5.41, 5.74) is -0.263. The highest BCUT2D eigenvalue weighted by Gasteiger charge is 2.30. The van der Waals surface area contributed by atoms with Crippen LogP contribution in [0.5, 0.6) is 5.88 Å². The van der Waals surface area contributed by atoms with Gasteiger partial charge in [0.05, 0.1) is 0 Å². The quantitative estimate of drug-likeness (QED) is 0.833. The Hall–Kier alpha value is -2.32. The topological polar surface area (TPSA) is 88.5 Å². The van der Waals surface area contributed by atoms with Crippen LogP contribution in [0.3, 0.4) is 0 Å². The van der Waals surface area contributed by atoms with Crippen molar-refractivity contribution < 1.29 is 32.6 Å². The average Bonchev–Trinajstić information content (AvgIpc) is 2.41. The van der Waals surface area contributed by atoms with Gasteiger partial charge in [0, 0.05) is 6.20 Å². The molecule has 6 nitrogen and oxygen atoms in total. The van der Waals surface area contributed by atoms with Gasteiger partial charge in [0.2, 0.25) is 5.88 Å². The summed E-state index contributed by atoms with van der Waals surface area (Å²) in [5, 5.41) is 11.0. The van der Waals surface area contributed by atoms with E-state index < -0.39 is 36.6 Å². The lowest BCUT2D eigenvalue weighted by Gasteiger charge is -2.14. The Bertz CT molecular complexity index is 519. The van der Waals surface area contributed by atoms with Crippen LogP contribution >= 0.6 is 0 Å². The zero-order chi connectivity index (χ0) is 16.0. The van der Waals surface area contributed by atoms with Gasteiger partial charge in [-0.05, 0) is 18.6 Å². The number of rotatable bonds is 6. The molecule has 0 spiro atoms. The zero-order valence-electron chi connectivity index (χ0n) is 11.0. The molecule has 0 aliphatic carbocycles. The molecule has 0 saturated heterocycles. The van der Waals surface area contributed by atoms with Crippen LogP contribution in [-0.4, -0.2) is 40.8 Å². The SMILES string of the molecule is CCC(NC(=O)c1cccnc1OCC(F)(F)F)C(=O)O. The van der Waals surface area contributed by atoms with Crippen molar-refractivity contribution in [1.29, 1.82) is 0 Å². The van der Waals surface area contributed by atoms with Crippen LogP contribution in [0.25, 0.3) is 0 Å². The standard InChI is InChI=1S/C12H13F3N2O4/c1-2-8(11(19)20)17-9(18)7-4-3-5-16-10(7)21-6-12(13,14)15/h3-5,8H,2,6H2,1H3,(H,17,18)(H,19,20). The van der Waals surface area contributed by atoms with E-state index in [1.807, 2.05) is 0 Å². The third-order valence-electron chi connectivity index (χ3n) is 2.40. The summed E-state index contributed by atoms with van der Waals surface area (Å²) < 4.78 is 40.8. The Morgan fingerprint density at radius 2 is 2.14 bits per heavy atom. The maximum atomic E-state index is 12.1. The van der Waals surface area contributed by atoms with E-state index >= 15 is 0 Å². The number of ether oxygens (including phenoxy) is 1. The van der Waals surface area contributed by atoms with Crippen molar-refractivity contribution in [2.24, 2.45) is 0 Å². The second-order valence-electron chi connectivity index (χ2n) is 4.03. The van der Waals surface area contributed by atoms with Crippen molar-refractivity contribution in [2.75, 3.05) is 6.61 Å². The van der Waals surface area contributed by atoms with Crippen molar-refractivity contribution in [1.82, 2.24) is 10.3 Å². The molecule has 1 aromatic rings. The number of alkyl halides is 3. The Morgan fingerprint density at radius 3 is 2.67 bits per heavy atom. The molecule has 0 bridgehead atoms. The van der Waals surface area contributed by atoms with Crippen molar-refractivity contribution >= 4 is 11.9 Å². The zero-order valence-corrected chi connectivity index (χ0v) is 11.0. The lowest BCUT2D eigenvalue weighted by Crippen LogP contribution is -2.40. The van der Waals surface area contributed by atoms with Crippen LogP contribution in [0.15, 0.2) is 18.3 Å². The van der Waals surface area contributed by atoms with Crippen LogP contribution in [-0.2, 0) is 4.79 Å². The molecule has 0 aliphatic heterocycles. The molecular formula is C12H13F3N2O4. The molecule has 21 heavy (non-hydrogen) atoms. The largest absolute Gasteiger partial charge is 0.480 e. The predicted octanol–water partition coefficient (Wildman–Crippen LogP) is 1.62. The molecule has 116 valence electrons. The molecule has 1 unspecified atom stereocenters. The van der Waals surface area contributed by atoms with Crippen molar-refractivity contribution in [3.8, 4) is 5.88 Å². The van der Waals surface area contributed by atoms with Gasteiger partial charge in [-0.2, -0.15) is 13.2 Å². The minimum Gasteiger partial charge on any atom is -0.480 e. The highest BCUT2D eigenvalue weighted by atomic mass is 19.4. The number of carboxylic acids is 1. The molecule has 9 heteroatoms. The number of amides is 1. The van der Waals surface area contributed by atoms with Crippen LogP contribution in [0, 0.1) is 0 Å². The van der Waals surface area contributed by atoms with E-state index in [9.17, 15) is 22.8 Å². The third-order valence-corrected chi connectivity index (χ3v) is 2.40. The maximum Gasteiger partial charge on any atom is 0.422 e. The molecular weight excluding hydrogens is 293 g/mol. The van der Waals surface area contributed by atoms with Gasteiger partial charge >= 0.3 is 12.1 Å². The summed E-state index contributed by atoms with van der Waals surface area (Å²) in [6.07, 6.45) is -3.28. The smallest absolute Gasteiger partial charge is 0.422 e. The van der Waals surface area contributed by atoms with Gasteiger partial charge in [-0.3, -0.25) is 4.79 Å². The van der Waals surface area contributed by atoms with E-state index in [1.54, 1.807) is 6.92 Å². The summed E-state index contributed by atoms with van der Waals surface area (Å²) in [5.74, 6) is -2.62. The highest BCUT2D eigenvalue weighted by molar-refractivity contribution is 5.98. The van der Waals surface area contributed by atoms with Crippen molar-refractivity contribution in [3.63, 3.8) is 0 Å². The van der Waals surface area contributed by atoms with Crippen LogP contribution in [0.2, 0.25) is 0 Å². The number of carboxylic acid groups (broad SMARTS) is 1. The summed E-state index contributed by atoms with van der Waals surface area (Å²) in [6, 6.07) is 1.38. The molecule has 1 heterocycles. The number of nitrogens with zero attached hydrogens (tertiary/aromatic N) is 1. The van der Waals surface area contributed by atoms with E-state index in [-0.39, 0.29) is 12.0 Å². The second-order valence-corrected chi connectivity index (χ2v) is 4.03. The van der Waals surface area contributed by atoms with E-state index in [0.29, 0.717) is 0 Å². The molecule has 2 N–H and O–H groups in total. The number of hydrogen-bond donors (Lipinski definition) is 2. The first kappa shape index (κ1) is 16.7. The lowest BCUT2D eigenvalue weighted by molar-refractivity contribution is -0.154. The fourth-order valence-corrected chi connectivity index (χ4v) is 1.40. The average molecular weight is 306 g/mol. The number of aromatic nitrogens is 1. The molecule has 1 amide bonds.